The third kappa shape index (κ3) is 10.6. The first kappa shape index (κ1) is 34.1. The second-order valence-electron chi connectivity index (χ2n) is 12.5. The first-order chi connectivity index (χ1) is 23.1. The lowest BCUT2D eigenvalue weighted by Gasteiger charge is -2.37. The van der Waals surface area contributed by atoms with Crippen LogP contribution in [0, 0.1) is 11.8 Å². The number of unbranched alkanes of at least 4 members (excludes halogenated alkanes) is 2. The minimum absolute atomic E-state index is 0.0537. The van der Waals surface area contributed by atoms with Crippen molar-refractivity contribution < 1.29 is 19.4 Å². The van der Waals surface area contributed by atoms with E-state index in [0.717, 1.165) is 49.4 Å². The molecule has 0 aliphatic carbocycles. The fourth-order valence-electron chi connectivity index (χ4n) is 6.39. The molecule has 3 aromatic carbocycles. The lowest BCUT2D eigenvalue weighted by atomic mass is 9.83. The molecule has 47 heavy (non-hydrogen) atoms. The molecule has 1 aliphatic heterocycles. The number of aromatic nitrogens is 1. The van der Waals surface area contributed by atoms with Crippen LogP contribution in [0.15, 0.2) is 97.2 Å². The average molecular weight is 637 g/mol. The normalized spacial score (nSPS) is 17.2. The third-order valence-corrected chi connectivity index (χ3v) is 8.94. The second kappa shape index (κ2) is 18.2. The van der Waals surface area contributed by atoms with Crippen molar-refractivity contribution in [3.8, 4) is 5.75 Å². The van der Waals surface area contributed by atoms with E-state index in [1.54, 1.807) is 6.20 Å². The summed E-state index contributed by atoms with van der Waals surface area (Å²) in [6.07, 6.45) is 7.23. The zero-order valence-electron chi connectivity index (χ0n) is 27.2. The van der Waals surface area contributed by atoms with Gasteiger partial charge in [-0.1, -0.05) is 66.7 Å². The monoisotopic (exact) mass is 636 g/mol. The topological polar surface area (TPSA) is 104 Å². The Morgan fingerprint density at radius 2 is 1.43 bits per heavy atom. The second-order valence-corrected chi connectivity index (χ2v) is 12.5. The first-order valence-electron chi connectivity index (χ1n) is 17.1. The maximum Gasteiger partial charge on any atom is 0.225 e. The summed E-state index contributed by atoms with van der Waals surface area (Å²) in [5.74, 6) is -0.353. The number of likely N-dealkylation sites (tertiary alicyclic amines) is 1. The van der Waals surface area contributed by atoms with E-state index in [-0.39, 0.29) is 18.4 Å². The Hall–Kier alpha value is -4.27. The number of carbonyl (C=O) groups excluding carboxylic acids is 2. The number of aliphatic hydroxyl groups is 1. The summed E-state index contributed by atoms with van der Waals surface area (Å²) in [4.78, 5) is 33.4. The Kier molecular flexibility index (Phi) is 13.2. The summed E-state index contributed by atoms with van der Waals surface area (Å²) in [5.41, 5.74) is 3.43. The molecule has 0 bridgehead atoms. The van der Waals surface area contributed by atoms with Crippen LogP contribution in [0.25, 0.3) is 10.9 Å². The Labute approximate surface area is 278 Å². The van der Waals surface area contributed by atoms with Gasteiger partial charge < -0.3 is 20.5 Å². The van der Waals surface area contributed by atoms with Gasteiger partial charge in [-0.25, -0.2) is 0 Å². The molecule has 3 N–H and O–H groups in total. The van der Waals surface area contributed by atoms with Gasteiger partial charge in [-0.2, -0.15) is 0 Å². The molecule has 5 rings (SSSR count). The lowest BCUT2D eigenvalue weighted by Crippen LogP contribution is -2.53. The van der Waals surface area contributed by atoms with Crippen LogP contribution in [-0.2, 0) is 22.4 Å². The maximum absolute atomic E-state index is 13.5. The molecular formula is C39H48N4O4. The van der Waals surface area contributed by atoms with Crippen LogP contribution in [0.4, 0.5) is 0 Å². The van der Waals surface area contributed by atoms with Crippen molar-refractivity contribution in [3.05, 3.63) is 108 Å². The maximum atomic E-state index is 13.5. The number of benzene rings is 3. The van der Waals surface area contributed by atoms with Crippen LogP contribution in [0.2, 0.25) is 0 Å². The minimum Gasteiger partial charge on any atom is -0.490 e. The van der Waals surface area contributed by atoms with E-state index in [2.05, 4.69) is 44.8 Å². The number of hydrogen-bond donors (Lipinski definition) is 3. The van der Waals surface area contributed by atoms with Crippen LogP contribution >= 0.6 is 0 Å². The van der Waals surface area contributed by atoms with Crippen molar-refractivity contribution in [2.75, 3.05) is 39.3 Å². The van der Waals surface area contributed by atoms with Crippen LogP contribution in [0.5, 0.6) is 5.75 Å². The largest absolute Gasteiger partial charge is 0.490 e. The van der Waals surface area contributed by atoms with Crippen LogP contribution in [0.1, 0.15) is 43.2 Å². The van der Waals surface area contributed by atoms with Crippen LogP contribution in [-0.4, -0.2) is 72.2 Å². The van der Waals surface area contributed by atoms with Gasteiger partial charge in [-0.3, -0.25) is 19.5 Å². The fourth-order valence-corrected chi connectivity index (χ4v) is 6.39. The van der Waals surface area contributed by atoms with E-state index >= 15 is 0 Å². The molecule has 1 aromatic heterocycles. The SMILES string of the molecule is O=C(NCCCCc1ccccc1)[C@H]1CN(C[C@@H](O)COc2cccc3ncccc23)CC[C@H]1C(=O)NCCCCc1ccccc1. The molecule has 0 spiro atoms. The van der Waals surface area contributed by atoms with Crippen molar-refractivity contribution >= 4 is 22.7 Å². The molecule has 1 fully saturated rings. The Bertz CT molecular complexity index is 1530. The molecule has 0 saturated carbocycles. The number of nitrogens with zero attached hydrogens (tertiary/aromatic N) is 2. The van der Waals surface area contributed by atoms with E-state index in [1.165, 1.54) is 11.1 Å². The van der Waals surface area contributed by atoms with E-state index in [4.69, 9.17) is 4.74 Å². The van der Waals surface area contributed by atoms with E-state index in [1.807, 2.05) is 66.7 Å². The average Bonchev–Trinajstić information content (AvgIpc) is 3.11. The molecule has 8 heteroatoms. The van der Waals surface area contributed by atoms with E-state index < -0.39 is 17.9 Å². The quantitative estimate of drug-likeness (QED) is 0.138. The Morgan fingerprint density at radius 3 is 2.09 bits per heavy atom. The molecule has 1 saturated heterocycles. The third-order valence-electron chi connectivity index (χ3n) is 8.94. The molecule has 0 unspecified atom stereocenters. The number of amides is 2. The molecule has 8 nitrogen and oxygen atoms in total. The molecule has 248 valence electrons. The van der Waals surface area contributed by atoms with E-state index in [0.29, 0.717) is 44.9 Å². The van der Waals surface area contributed by atoms with Gasteiger partial charge in [-0.05, 0) is 86.9 Å². The molecule has 2 amide bonds. The number of rotatable bonds is 17. The highest BCUT2D eigenvalue weighted by atomic mass is 16.5. The summed E-state index contributed by atoms with van der Waals surface area (Å²) in [5, 5.41) is 18.0. The minimum atomic E-state index is -0.751. The standard InChI is InChI=1S/C39H48N4O4/c44-32(29-47-37-21-11-20-36-34(37)19-12-25-40-36)27-43-26-22-33(38(45)41-23-9-7-17-30-13-3-1-4-14-30)35(28-43)39(46)42-24-10-8-18-31-15-5-2-6-16-31/h1-6,11-16,19-21,25,32-33,35,44H,7-10,17-18,22-24,26-29H2,(H,41,45)(H,42,46)/t32-,33-,35+/m1/s1. The molecule has 4 aromatic rings. The Balaban J connectivity index is 1.12. The molecule has 3 atom stereocenters. The predicted molar refractivity (Wildman–Crippen MR) is 186 cm³/mol. The fraction of sp³-hybridized carbons (Fsp3) is 0.410. The van der Waals surface area contributed by atoms with Crippen molar-refractivity contribution in [1.29, 1.82) is 0 Å². The highest BCUT2D eigenvalue weighted by Crippen LogP contribution is 2.26. The smallest absolute Gasteiger partial charge is 0.225 e. The number of pyridine rings is 1. The number of piperidine rings is 1. The highest BCUT2D eigenvalue weighted by Gasteiger charge is 2.38. The Morgan fingerprint density at radius 1 is 0.787 bits per heavy atom. The number of hydrogen-bond acceptors (Lipinski definition) is 6. The molecular weight excluding hydrogens is 588 g/mol. The van der Waals surface area contributed by atoms with Crippen molar-refractivity contribution in [1.82, 2.24) is 20.5 Å². The zero-order valence-corrected chi connectivity index (χ0v) is 27.2. The predicted octanol–water partition coefficient (Wildman–Crippen LogP) is 5.19. The van der Waals surface area contributed by atoms with Crippen molar-refractivity contribution in [3.63, 3.8) is 0 Å². The van der Waals surface area contributed by atoms with Gasteiger partial charge in [0.05, 0.1) is 17.4 Å². The summed E-state index contributed by atoms with van der Waals surface area (Å²) >= 11 is 0. The van der Waals surface area contributed by atoms with Gasteiger partial charge in [0, 0.05) is 37.8 Å². The number of fused-ring (bicyclic) bond motifs is 1. The van der Waals surface area contributed by atoms with Gasteiger partial charge >= 0.3 is 0 Å². The molecule has 2 heterocycles. The number of nitrogens with one attached hydrogen (secondary N) is 2. The molecule has 0 radical (unpaired) electrons. The summed E-state index contributed by atoms with van der Waals surface area (Å²) in [6.45, 7) is 2.69. The first-order valence-corrected chi connectivity index (χ1v) is 17.1. The van der Waals surface area contributed by atoms with Gasteiger partial charge in [0.2, 0.25) is 11.8 Å². The van der Waals surface area contributed by atoms with Gasteiger partial charge in [0.15, 0.2) is 0 Å². The summed E-state index contributed by atoms with van der Waals surface area (Å²) < 4.78 is 6.00. The number of carbonyl (C=O) groups is 2. The summed E-state index contributed by atoms with van der Waals surface area (Å²) in [6, 6.07) is 30.2. The van der Waals surface area contributed by atoms with Gasteiger partial charge in [-0.15, -0.1) is 0 Å². The van der Waals surface area contributed by atoms with Crippen LogP contribution < -0.4 is 15.4 Å². The van der Waals surface area contributed by atoms with Crippen molar-refractivity contribution in [2.45, 2.75) is 51.0 Å². The van der Waals surface area contributed by atoms with Crippen molar-refractivity contribution in [2.24, 2.45) is 11.8 Å². The lowest BCUT2D eigenvalue weighted by molar-refractivity contribution is -0.138. The highest BCUT2D eigenvalue weighted by molar-refractivity contribution is 5.88. The number of ether oxygens (including phenoxy) is 1. The van der Waals surface area contributed by atoms with Crippen LogP contribution in [0.3, 0.4) is 0 Å². The summed E-state index contributed by atoms with van der Waals surface area (Å²) in [7, 11) is 0. The van der Waals surface area contributed by atoms with Gasteiger partial charge in [0.1, 0.15) is 18.5 Å². The number of aryl methyl sites for hydroxylation is 2. The van der Waals surface area contributed by atoms with Gasteiger partial charge in [0.25, 0.3) is 0 Å². The number of aliphatic hydroxyl groups excluding tert-OH is 1. The number of β-amino-alcohol motifs (C(OH)–C–C–N with tert-alkyl or cyclic N) is 1. The molecule has 1 aliphatic rings. The van der Waals surface area contributed by atoms with E-state index in [9.17, 15) is 14.7 Å². The zero-order chi connectivity index (χ0) is 32.7.